The van der Waals surface area contributed by atoms with Gasteiger partial charge in [-0.3, -0.25) is 4.79 Å². The van der Waals surface area contributed by atoms with E-state index in [-0.39, 0.29) is 16.7 Å². The van der Waals surface area contributed by atoms with Crippen molar-refractivity contribution in [3.05, 3.63) is 42.0 Å². The minimum absolute atomic E-state index is 0.196. The van der Waals surface area contributed by atoms with Gasteiger partial charge in [-0.15, -0.1) is 0 Å². The normalized spacial score (nSPS) is 19.3. The molecule has 2 rings (SSSR count). The van der Waals surface area contributed by atoms with Gasteiger partial charge >= 0.3 is 0 Å². The molecule has 1 aliphatic rings. The number of carbonyl (C=O) groups is 1. The standard InChI is InChI=1S/C19H23NO3S/c1-16-10-12-19(13-11-16)24(22,23)20(15-14-17(2)21)18-8-6-4-3-5-7-9-18/h6,8,10-13,18H,3-5,7,9H2,1-2H3/b8-6-. The molecule has 0 bridgehead atoms. The minimum Gasteiger partial charge on any atom is -0.285 e. The summed E-state index contributed by atoms with van der Waals surface area (Å²) in [4.78, 5) is 11.4. The highest BCUT2D eigenvalue weighted by atomic mass is 32.2. The Morgan fingerprint density at radius 1 is 1.17 bits per heavy atom. The molecule has 0 aliphatic heterocycles. The van der Waals surface area contributed by atoms with Crippen molar-refractivity contribution in [3.8, 4) is 12.0 Å². The molecule has 1 unspecified atom stereocenters. The summed E-state index contributed by atoms with van der Waals surface area (Å²) < 4.78 is 27.2. The zero-order valence-electron chi connectivity index (χ0n) is 14.2. The van der Waals surface area contributed by atoms with Gasteiger partial charge in [0, 0.05) is 13.0 Å². The van der Waals surface area contributed by atoms with Crippen LogP contribution in [0.25, 0.3) is 0 Å². The van der Waals surface area contributed by atoms with Crippen LogP contribution in [0.3, 0.4) is 0 Å². The van der Waals surface area contributed by atoms with E-state index >= 15 is 0 Å². The van der Waals surface area contributed by atoms with Crippen molar-refractivity contribution in [1.82, 2.24) is 4.31 Å². The van der Waals surface area contributed by atoms with Crippen LogP contribution in [0.15, 0.2) is 41.3 Å². The van der Waals surface area contributed by atoms with Crippen LogP contribution < -0.4 is 0 Å². The zero-order chi connectivity index (χ0) is 17.6. The Labute approximate surface area is 144 Å². The molecule has 1 atom stereocenters. The van der Waals surface area contributed by atoms with Crippen molar-refractivity contribution >= 4 is 15.8 Å². The molecule has 4 nitrogen and oxygen atoms in total. The lowest BCUT2D eigenvalue weighted by molar-refractivity contribution is -0.111. The molecular weight excluding hydrogens is 322 g/mol. The van der Waals surface area contributed by atoms with Crippen LogP contribution in [-0.4, -0.2) is 24.5 Å². The van der Waals surface area contributed by atoms with Gasteiger partial charge in [-0.05, 0) is 44.2 Å². The van der Waals surface area contributed by atoms with Crippen LogP contribution in [0.5, 0.6) is 0 Å². The van der Waals surface area contributed by atoms with E-state index in [0.717, 1.165) is 35.6 Å². The summed E-state index contributed by atoms with van der Waals surface area (Å²) in [6.45, 7) is 3.24. The average Bonchev–Trinajstić information content (AvgIpc) is 2.49. The van der Waals surface area contributed by atoms with Gasteiger partial charge < -0.3 is 0 Å². The van der Waals surface area contributed by atoms with Gasteiger partial charge in [0.15, 0.2) is 0 Å². The van der Waals surface area contributed by atoms with Crippen molar-refractivity contribution < 1.29 is 13.2 Å². The van der Waals surface area contributed by atoms with Gasteiger partial charge in [-0.25, -0.2) is 12.7 Å². The quantitative estimate of drug-likeness (QED) is 0.479. The van der Waals surface area contributed by atoms with Crippen LogP contribution in [0, 0.1) is 18.9 Å². The van der Waals surface area contributed by atoms with E-state index in [9.17, 15) is 13.2 Å². The fourth-order valence-electron chi connectivity index (χ4n) is 2.62. The van der Waals surface area contributed by atoms with Crippen molar-refractivity contribution in [2.24, 2.45) is 0 Å². The minimum atomic E-state index is -3.78. The number of ketones is 1. The third-order valence-corrected chi connectivity index (χ3v) is 5.70. The number of aryl methyl sites for hydroxylation is 1. The van der Waals surface area contributed by atoms with Gasteiger partial charge in [0.05, 0.1) is 10.9 Å². The maximum atomic E-state index is 13.0. The zero-order valence-corrected chi connectivity index (χ0v) is 15.0. The number of nitrogens with zero attached hydrogens (tertiary/aromatic N) is 1. The molecule has 0 radical (unpaired) electrons. The van der Waals surface area contributed by atoms with Gasteiger partial charge in [0.25, 0.3) is 10.0 Å². The van der Waals surface area contributed by atoms with E-state index in [1.165, 1.54) is 6.92 Å². The van der Waals surface area contributed by atoms with E-state index in [2.05, 4.69) is 12.0 Å². The Balaban J connectivity index is 2.44. The molecule has 1 aromatic carbocycles. The largest absolute Gasteiger partial charge is 0.285 e. The summed E-state index contributed by atoms with van der Waals surface area (Å²) in [5.41, 5.74) is 0.987. The van der Waals surface area contributed by atoms with Crippen molar-refractivity contribution in [2.45, 2.75) is 56.9 Å². The number of hydrogen-bond acceptors (Lipinski definition) is 3. The van der Waals surface area contributed by atoms with Crippen molar-refractivity contribution in [1.29, 1.82) is 0 Å². The summed E-state index contributed by atoms with van der Waals surface area (Å²) >= 11 is 0. The van der Waals surface area contributed by atoms with Gasteiger partial charge in [0.1, 0.15) is 0 Å². The molecule has 0 aromatic heterocycles. The summed E-state index contributed by atoms with van der Waals surface area (Å²) in [5, 5.41) is 0. The second-order valence-corrected chi connectivity index (χ2v) is 7.86. The Bertz CT molecular complexity index is 767. The third kappa shape index (κ3) is 4.72. The topological polar surface area (TPSA) is 54.5 Å². The Morgan fingerprint density at radius 3 is 2.54 bits per heavy atom. The fraction of sp³-hybridized carbons (Fsp3) is 0.421. The Kier molecular flexibility index (Phi) is 6.22. The number of sulfonamides is 1. The van der Waals surface area contributed by atoms with Crippen molar-refractivity contribution in [3.63, 3.8) is 0 Å². The lowest BCUT2D eigenvalue weighted by atomic mass is 10.0. The fourth-order valence-corrected chi connectivity index (χ4v) is 4.02. The molecule has 5 heteroatoms. The molecule has 0 saturated carbocycles. The monoisotopic (exact) mass is 345 g/mol. The number of carbonyl (C=O) groups excluding carboxylic acids is 1. The van der Waals surface area contributed by atoms with Crippen LogP contribution in [0.2, 0.25) is 0 Å². The Hall–Kier alpha value is -2.06. The van der Waals surface area contributed by atoms with E-state index < -0.39 is 10.0 Å². The molecule has 0 spiro atoms. The van der Waals surface area contributed by atoms with Gasteiger partial charge in [-0.2, -0.15) is 0 Å². The number of benzene rings is 1. The second-order valence-electron chi connectivity index (χ2n) is 6.04. The molecule has 1 aliphatic carbocycles. The predicted molar refractivity (Wildman–Crippen MR) is 94.7 cm³/mol. The van der Waals surface area contributed by atoms with Crippen LogP contribution in [0.4, 0.5) is 0 Å². The molecule has 0 saturated heterocycles. The van der Waals surface area contributed by atoms with Crippen LogP contribution in [0.1, 0.15) is 44.6 Å². The predicted octanol–water partition coefficient (Wildman–Crippen LogP) is 3.42. The first kappa shape index (κ1) is 18.3. The first-order valence-corrected chi connectivity index (χ1v) is 9.65. The smallest absolute Gasteiger partial charge is 0.271 e. The van der Waals surface area contributed by atoms with Crippen molar-refractivity contribution in [2.75, 3.05) is 0 Å². The summed E-state index contributed by atoms with van der Waals surface area (Å²) in [6.07, 6.45) is 8.68. The number of rotatable bonds is 3. The maximum absolute atomic E-state index is 13.0. The molecule has 0 fully saturated rings. The van der Waals surface area contributed by atoms with E-state index in [1.807, 2.05) is 19.1 Å². The average molecular weight is 345 g/mol. The molecule has 128 valence electrons. The summed E-state index contributed by atoms with van der Waals surface area (Å²) in [6, 6.07) is 8.93. The summed E-state index contributed by atoms with van der Waals surface area (Å²) in [5.74, 6) is 2.04. The maximum Gasteiger partial charge on any atom is 0.271 e. The lowest BCUT2D eigenvalue weighted by Gasteiger charge is -2.26. The second kappa shape index (κ2) is 8.16. The third-order valence-electron chi connectivity index (χ3n) is 3.95. The van der Waals surface area contributed by atoms with Gasteiger partial charge in [-0.1, -0.05) is 42.7 Å². The molecule has 0 heterocycles. The number of hydrogen-bond donors (Lipinski definition) is 0. The SMILES string of the molecule is CC(=O)C#CN(C1/C=C\CCCCC1)S(=O)(=O)c1ccc(C)cc1. The van der Waals surface area contributed by atoms with Gasteiger partial charge in [0.2, 0.25) is 5.78 Å². The lowest BCUT2D eigenvalue weighted by Crippen LogP contribution is -2.36. The van der Waals surface area contributed by atoms with E-state index in [0.29, 0.717) is 6.42 Å². The van der Waals surface area contributed by atoms with Crippen LogP contribution >= 0.6 is 0 Å². The molecule has 1 aromatic rings. The highest BCUT2D eigenvalue weighted by Gasteiger charge is 2.28. The first-order chi connectivity index (χ1) is 11.4. The molecule has 0 N–H and O–H groups in total. The van der Waals surface area contributed by atoms with Crippen LogP contribution in [-0.2, 0) is 14.8 Å². The number of Topliss-reactive ketones (excluding diaryl/α,β-unsaturated/α-hetero) is 1. The van der Waals surface area contributed by atoms with E-state index in [4.69, 9.17) is 0 Å². The highest BCUT2D eigenvalue weighted by molar-refractivity contribution is 7.89. The molecular formula is C19H23NO3S. The molecule has 0 amide bonds. The highest BCUT2D eigenvalue weighted by Crippen LogP contribution is 2.23. The Morgan fingerprint density at radius 2 is 1.88 bits per heavy atom. The summed E-state index contributed by atoms with van der Waals surface area (Å²) in [7, 11) is -3.78. The first-order valence-electron chi connectivity index (χ1n) is 8.21. The number of allylic oxidation sites excluding steroid dienone is 1. The molecule has 24 heavy (non-hydrogen) atoms. The van der Waals surface area contributed by atoms with E-state index in [1.54, 1.807) is 24.3 Å².